The molecule has 2 atom stereocenters. The van der Waals surface area contributed by atoms with Crippen LogP contribution in [0, 0.1) is 0 Å². The van der Waals surface area contributed by atoms with Gasteiger partial charge in [0.2, 0.25) is 0 Å². The van der Waals surface area contributed by atoms with Crippen LogP contribution in [0.3, 0.4) is 0 Å². The van der Waals surface area contributed by atoms with Crippen LogP contribution in [0.1, 0.15) is 31.9 Å². The molecule has 0 fully saturated rings. The molecule has 0 spiro atoms. The summed E-state index contributed by atoms with van der Waals surface area (Å²) in [5.74, 6) is 0. The molecule has 0 aliphatic heterocycles. The van der Waals surface area contributed by atoms with Crippen LogP contribution >= 0.6 is 0 Å². The molecule has 3 nitrogen and oxygen atoms in total. The third-order valence-corrected chi connectivity index (χ3v) is 3.52. The highest BCUT2D eigenvalue weighted by Crippen LogP contribution is 2.28. The van der Waals surface area contributed by atoms with E-state index in [1.165, 1.54) is 11.3 Å². The number of hydrogen-bond acceptors (Lipinski definition) is 3. The lowest BCUT2D eigenvalue weighted by atomic mass is 10.0. The van der Waals surface area contributed by atoms with E-state index in [1.54, 1.807) is 7.11 Å². The summed E-state index contributed by atoms with van der Waals surface area (Å²) in [4.78, 5) is 2.29. The first-order valence-corrected chi connectivity index (χ1v) is 6.63. The van der Waals surface area contributed by atoms with Gasteiger partial charge in [0.25, 0.3) is 0 Å². The van der Waals surface area contributed by atoms with Crippen molar-refractivity contribution < 1.29 is 4.74 Å². The Morgan fingerprint density at radius 2 is 2.00 bits per heavy atom. The Balaban J connectivity index is 3.00. The molecular weight excluding hydrogens is 224 g/mol. The van der Waals surface area contributed by atoms with E-state index in [1.807, 2.05) is 7.05 Å². The molecule has 0 radical (unpaired) electrons. The standard InChI is InChI=1S/C15H26N2O/c1-6-14(16-3)13-9-7-8-10-15(13)17(4)12(2)11-18-5/h7-10,12,14,16H,6,11H2,1-5H3. The van der Waals surface area contributed by atoms with E-state index in [2.05, 4.69) is 55.4 Å². The van der Waals surface area contributed by atoms with Crippen molar-refractivity contribution in [3.63, 3.8) is 0 Å². The van der Waals surface area contributed by atoms with Gasteiger partial charge in [0.1, 0.15) is 0 Å². The van der Waals surface area contributed by atoms with Crippen molar-refractivity contribution in [2.24, 2.45) is 0 Å². The minimum atomic E-state index is 0.366. The summed E-state index contributed by atoms with van der Waals surface area (Å²) in [7, 11) is 5.90. The van der Waals surface area contributed by atoms with Crippen LogP contribution in [-0.2, 0) is 4.74 Å². The minimum absolute atomic E-state index is 0.366. The lowest BCUT2D eigenvalue weighted by Gasteiger charge is -2.30. The summed E-state index contributed by atoms with van der Waals surface area (Å²) < 4.78 is 5.24. The van der Waals surface area contributed by atoms with E-state index in [0.717, 1.165) is 13.0 Å². The number of nitrogens with one attached hydrogen (secondary N) is 1. The fourth-order valence-corrected chi connectivity index (χ4v) is 2.27. The van der Waals surface area contributed by atoms with Gasteiger partial charge in [-0.3, -0.25) is 0 Å². The molecule has 0 heterocycles. The third-order valence-electron chi connectivity index (χ3n) is 3.52. The van der Waals surface area contributed by atoms with Gasteiger partial charge in [-0.1, -0.05) is 25.1 Å². The fraction of sp³-hybridized carbons (Fsp3) is 0.600. The molecule has 102 valence electrons. The van der Waals surface area contributed by atoms with Crippen LogP contribution in [-0.4, -0.2) is 33.9 Å². The third kappa shape index (κ3) is 3.47. The van der Waals surface area contributed by atoms with E-state index >= 15 is 0 Å². The number of nitrogens with zero attached hydrogens (tertiary/aromatic N) is 1. The van der Waals surface area contributed by atoms with Gasteiger partial charge in [-0.2, -0.15) is 0 Å². The first kappa shape index (κ1) is 15.0. The molecule has 0 bridgehead atoms. The summed E-state index contributed by atoms with van der Waals surface area (Å²) in [6.45, 7) is 5.12. The number of ether oxygens (including phenoxy) is 1. The number of para-hydroxylation sites is 1. The largest absolute Gasteiger partial charge is 0.383 e. The monoisotopic (exact) mass is 250 g/mol. The molecule has 0 saturated heterocycles. The van der Waals surface area contributed by atoms with Crippen molar-refractivity contribution >= 4 is 5.69 Å². The Morgan fingerprint density at radius 1 is 1.33 bits per heavy atom. The molecule has 0 amide bonds. The average molecular weight is 250 g/mol. The molecule has 1 rings (SSSR count). The molecule has 0 aliphatic rings. The van der Waals surface area contributed by atoms with Gasteiger partial charge in [-0.05, 0) is 32.0 Å². The van der Waals surface area contributed by atoms with Crippen molar-refractivity contribution in [1.82, 2.24) is 5.32 Å². The van der Waals surface area contributed by atoms with Crippen molar-refractivity contribution in [3.8, 4) is 0 Å². The van der Waals surface area contributed by atoms with Crippen LogP contribution < -0.4 is 10.2 Å². The molecule has 1 aromatic rings. The van der Waals surface area contributed by atoms with Gasteiger partial charge in [-0.25, -0.2) is 0 Å². The minimum Gasteiger partial charge on any atom is -0.383 e. The summed E-state index contributed by atoms with van der Waals surface area (Å²) in [5, 5.41) is 3.38. The van der Waals surface area contributed by atoms with Gasteiger partial charge in [0, 0.05) is 31.9 Å². The van der Waals surface area contributed by atoms with Crippen LogP contribution in [0.2, 0.25) is 0 Å². The van der Waals surface area contributed by atoms with Crippen molar-refractivity contribution in [2.75, 3.05) is 32.7 Å². The number of methoxy groups -OCH3 is 1. The average Bonchev–Trinajstić information content (AvgIpc) is 2.40. The van der Waals surface area contributed by atoms with Gasteiger partial charge in [0.05, 0.1) is 6.61 Å². The predicted octanol–water partition coefficient (Wildman–Crippen LogP) is 2.83. The molecule has 18 heavy (non-hydrogen) atoms. The summed E-state index contributed by atoms with van der Waals surface area (Å²) in [6.07, 6.45) is 1.08. The lowest BCUT2D eigenvalue weighted by Crippen LogP contribution is -2.34. The molecule has 0 saturated carbocycles. The normalized spacial score (nSPS) is 14.3. The number of rotatable bonds is 7. The van der Waals surface area contributed by atoms with E-state index in [4.69, 9.17) is 4.74 Å². The highest BCUT2D eigenvalue weighted by atomic mass is 16.5. The van der Waals surface area contributed by atoms with Crippen molar-refractivity contribution in [1.29, 1.82) is 0 Å². The Bertz CT molecular complexity index is 350. The van der Waals surface area contributed by atoms with E-state index in [0.29, 0.717) is 12.1 Å². The molecule has 0 aliphatic carbocycles. The number of benzene rings is 1. The van der Waals surface area contributed by atoms with E-state index in [-0.39, 0.29) is 0 Å². The van der Waals surface area contributed by atoms with Gasteiger partial charge < -0.3 is 15.0 Å². The SMILES string of the molecule is CCC(NC)c1ccccc1N(C)C(C)COC. The number of hydrogen-bond donors (Lipinski definition) is 1. The van der Waals surface area contributed by atoms with Crippen molar-refractivity contribution in [2.45, 2.75) is 32.4 Å². The molecule has 1 aromatic carbocycles. The zero-order valence-corrected chi connectivity index (χ0v) is 12.2. The highest BCUT2D eigenvalue weighted by molar-refractivity contribution is 5.55. The zero-order valence-electron chi connectivity index (χ0n) is 12.2. The molecule has 2 unspecified atom stereocenters. The van der Waals surface area contributed by atoms with E-state index in [9.17, 15) is 0 Å². The smallest absolute Gasteiger partial charge is 0.0663 e. The maximum Gasteiger partial charge on any atom is 0.0663 e. The first-order valence-electron chi connectivity index (χ1n) is 6.63. The second kappa shape index (κ2) is 7.39. The first-order chi connectivity index (χ1) is 8.65. The summed E-state index contributed by atoms with van der Waals surface area (Å²) in [6, 6.07) is 9.35. The van der Waals surface area contributed by atoms with Gasteiger partial charge >= 0.3 is 0 Å². The van der Waals surface area contributed by atoms with Crippen LogP contribution in [0.25, 0.3) is 0 Å². The second-order valence-corrected chi connectivity index (χ2v) is 4.72. The van der Waals surface area contributed by atoms with Gasteiger partial charge in [-0.15, -0.1) is 0 Å². The lowest BCUT2D eigenvalue weighted by molar-refractivity contribution is 0.183. The van der Waals surface area contributed by atoms with Crippen molar-refractivity contribution in [3.05, 3.63) is 29.8 Å². The van der Waals surface area contributed by atoms with Crippen LogP contribution in [0.5, 0.6) is 0 Å². The summed E-state index contributed by atoms with van der Waals surface area (Å²) in [5.41, 5.74) is 2.64. The molecule has 3 heteroatoms. The zero-order chi connectivity index (χ0) is 13.5. The maximum absolute atomic E-state index is 5.24. The second-order valence-electron chi connectivity index (χ2n) is 4.72. The van der Waals surface area contributed by atoms with Crippen LogP contribution in [0.4, 0.5) is 5.69 Å². The number of likely N-dealkylation sites (N-methyl/N-ethyl adjacent to an activating group) is 1. The Labute approximate surface area is 111 Å². The highest BCUT2D eigenvalue weighted by Gasteiger charge is 2.17. The quantitative estimate of drug-likeness (QED) is 0.805. The molecular formula is C15H26N2O. The predicted molar refractivity (Wildman–Crippen MR) is 78.3 cm³/mol. The maximum atomic E-state index is 5.24. The van der Waals surface area contributed by atoms with Crippen LogP contribution in [0.15, 0.2) is 24.3 Å². The summed E-state index contributed by atoms with van der Waals surface area (Å²) >= 11 is 0. The Morgan fingerprint density at radius 3 is 2.56 bits per heavy atom. The fourth-order valence-electron chi connectivity index (χ4n) is 2.27. The number of anilines is 1. The Hall–Kier alpha value is -1.06. The van der Waals surface area contributed by atoms with Gasteiger partial charge in [0.15, 0.2) is 0 Å². The Kier molecular flexibility index (Phi) is 6.16. The molecule has 1 N–H and O–H groups in total. The topological polar surface area (TPSA) is 24.5 Å². The molecule has 0 aromatic heterocycles. The van der Waals surface area contributed by atoms with E-state index < -0.39 is 0 Å².